The van der Waals surface area contributed by atoms with Gasteiger partial charge in [-0.2, -0.15) is 0 Å². The van der Waals surface area contributed by atoms with Crippen molar-refractivity contribution in [1.82, 2.24) is 0 Å². The van der Waals surface area contributed by atoms with Crippen LogP contribution in [0.2, 0.25) is 0 Å². The first-order valence-corrected chi connectivity index (χ1v) is 6.78. The normalized spacial score (nSPS) is 10.7. The first-order chi connectivity index (χ1) is 8.24. The highest BCUT2D eigenvalue weighted by atomic mass is 32.2. The lowest BCUT2D eigenvalue weighted by atomic mass is 10.2. The molecular formula is C13H21NO2S. The Morgan fingerprint density at radius 2 is 2.06 bits per heavy atom. The lowest BCUT2D eigenvalue weighted by Gasteiger charge is -2.07. The summed E-state index contributed by atoms with van der Waals surface area (Å²) in [6, 6.07) is 6.00. The van der Waals surface area contributed by atoms with Gasteiger partial charge >= 0.3 is 0 Å². The standard InChI is InChI=1S/C13H21NO2S/c1-11-4-5-12(14)10-13(11)17-9-8-16-7-3-6-15-2/h4-5,10H,3,6-9,14H2,1-2H3. The fraction of sp³-hybridized carbons (Fsp3) is 0.538. The second-order valence-electron chi connectivity index (χ2n) is 3.83. The van der Waals surface area contributed by atoms with Gasteiger partial charge in [-0.05, 0) is 31.0 Å². The molecule has 0 radical (unpaired) electrons. The Balaban J connectivity index is 2.15. The van der Waals surface area contributed by atoms with E-state index >= 15 is 0 Å². The summed E-state index contributed by atoms with van der Waals surface area (Å²) in [7, 11) is 1.71. The topological polar surface area (TPSA) is 44.5 Å². The maximum atomic E-state index is 5.75. The number of rotatable bonds is 8. The van der Waals surface area contributed by atoms with Crippen molar-refractivity contribution in [3.63, 3.8) is 0 Å². The monoisotopic (exact) mass is 255 g/mol. The Morgan fingerprint density at radius 3 is 2.82 bits per heavy atom. The minimum atomic E-state index is 0.765. The maximum absolute atomic E-state index is 5.75. The number of methoxy groups -OCH3 is 1. The Labute approximate surface area is 108 Å². The number of thioether (sulfide) groups is 1. The molecule has 3 nitrogen and oxygen atoms in total. The largest absolute Gasteiger partial charge is 0.399 e. The summed E-state index contributed by atoms with van der Waals surface area (Å²) < 4.78 is 10.4. The number of hydrogen-bond donors (Lipinski definition) is 1. The van der Waals surface area contributed by atoms with Crippen molar-refractivity contribution in [2.24, 2.45) is 0 Å². The van der Waals surface area contributed by atoms with Crippen LogP contribution in [0.1, 0.15) is 12.0 Å². The summed E-state index contributed by atoms with van der Waals surface area (Å²) in [5, 5.41) is 0. The van der Waals surface area contributed by atoms with E-state index < -0.39 is 0 Å². The van der Waals surface area contributed by atoms with Gasteiger partial charge in [-0.1, -0.05) is 6.07 Å². The zero-order chi connectivity index (χ0) is 12.5. The van der Waals surface area contributed by atoms with E-state index in [0.29, 0.717) is 0 Å². The molecule has 0 atom stereocenters. The van der Waals surface area contributed by atoms with Crippen molar-refractivity contribution in [2.45, 2.75) is 18.2 Å². The van der Waals surface area contributed by atoms with Crippen LogP contribution in [-0.4, -0.2) is 32.7 Å². The van der Waals surface area contributed by atoms with Crippen molar-refractivity contribution in [3.05, 3.63) is 23.8 Å². The van der Waals surface area contributed by atoms with Gasteiger partial charge in [0.25, 0.3) is 0 Å². The fourth-order valence-electron chi connectivity index (χ4n) is 1.39. The summed E-state index contributed by atoms with van der Waals surface area (Å²) in [4.78, 5) is 1.24. The van der Waals surface area contributed by atoms with Crippen LogP contribution in [0.4, 0.5) is 5.69 Å². The van der Waals surface area contributed by atoms with Gasteiger partial charge in [0.1, 0.15) is 0 Å². The van der Waals surface area contributed by atoms with Crippen LogP contribution in [0.25, 0.3) is 0 Å². The molecule has 0 heterocycles. The van der Waals surface area contributed by atoms with Gasteiger partial charge in [-0.15, -0.1) is 11.8 Å². The number of benzene rings is 1. The quantitative estimate of drug-likeness (QED) is 0.441. The van der Waals surface area contributed by atoms with Crippen molar-refractivity contribution >= 4 is 17.4 Å². The van der Waals surface area contributed by atoms with E-state index in [1.165, 1.54) is 10.5 Å². The predicted molar refractivity (Wildman–Crippen MR) is 73.6 cm³/mol. The Hall–Kier alpha value is -0.710. The molecule has 0 unspecified atom stereocenters. The van der Waals surface area contributed by atoms with Gasteiger partial charge in [-0.3, -0.25) is 0 Å². The predicted octanol–water partition coefficient (Wildman–Crippen LogP) is 2.72. The van der Waals surface area contributed by atoms with E-state index in [1.807, 2.05) is 12.1 Å². The first kappa shape index (κ1) is 14.4. The number of nitrogens with two attached hydrogens (primary N) is 1. The summed E-state index contributed by atoms with van der Waals surface area (Å²) >= 11 is 1.79. The Morgan fingerprint density at radius 1 is 1.24 bits per heavy atom. The minimum Gasteiger partial charge on any atom is -0.399 e. The van der Waals surface area contributed by atoms with Gasteiger partial charge in [0.15, 0.2) is 0 Å². The van der Waals surface area contributed by atoms with E-state index in [9.17, 15) is 0 Å². The maximum Gasteiger partial charge on any atom is 0.0560 e. The SMILES string of the molecule is COCCCOCCSc1cc(N)ccc1C. The molecular weight excluding hydrogens is 234 g/mol. The van der Waals surface area contributed by atoms with Gasteiger partial charge in [0.05, 0.1) is 6.61 Å². The average Bonchev–Trinajstić information content (AvgIpc) is 2.32. The molecule has 1 aromatic rings. The fourth-order valence-corrected chi connectivity index (χ4v) is 2.33. The highest BCUT2D eigenvalue weighted by molar-refractivity contribution is 7.99. The number of aryl methyl sites for hydroxylation is 1. The zero-order valence-corrected chi connectivity index (χ0v) is 11.4. The molecule has 2 N–H and O–H groups in total. The zero-order valence-electron chi connectivity index (χ0n) is 10.6. The lowest BCUT2D eigenvalue weighted by Crippen LogP contribution is -2.02. The summed E-state index contributed by atoms with van der Waals surface area (Å²) in [5.41, 5.74) is 7.84. The molecule has 0 saturated carbocycles. The molecule has 0 fully saturated rings. The summed E-state index contributed by atoms with van der Waals surface area (Å²) in [6.07, 6.45) is 0.957. The molecule has 0 aromatic heterocycles. The number of ether oxygens (including phenoxy) is 2. The van der Waals surface area contributed by atoms with Gasteiger partial charge in [-0.25, -0.2) is 0 Å². The molecule has 4 heteroatoms. The molecule has 1 rings (SSSR count). The average molecular weight is 255 g/mol. The van der Waals surface area contributed by atoms with Crippen LogP contribution in [0.15, 0.2) is 23.1 Å². The molecule has 0 aliphatic rings. The molecule has 0 aliphatic carbocycles. The van der Waals surface area contributed by atoms with E-state index in [0.717, 1.165) is 37.7 Å². The second kappa shape index (κ2) is 8.39. The molecule has 0 amide bonds. The third-order valence-corrected chi connectivity index (χ3v) is 3.46. The number of hydrogen-bond acceptors (Lipinski definition) is 4. The third kappa shape index (κ3) is 5.96. The van der Waals surface area contributed by atoms with Crippen molar-refractivity contribution in [3.8, 4) is 0 Å². The second-order valence-corrected chi connectivity index (χ2v) is 4.97. The molecule has 0 spiro atoms. The molecule has 17 heavy (non-hydrogen) atoms. The molecule has 1 aromatic carbocycles. The highest BCUT2D eigenvalue weighted by Gasteiger charge is 1.99. The summed E-state index contributed by atoms with van der Waals surface area (Å²) in [5.74, 6) is 0.956. The van der Waals surface area contributed by atoms with Crippen LogP contribution < -0.4 is 5.73 Å². The van der Waals surface area contributed by atoms with Crippen molar-refractivity contribution < 1.29 is 9.47 Å². The van der Waals surface area contributed by atoms with Crippen molar-refractivity contribution in [1.29, 1.82) is 0 Å². The lowest BCUT2D eigenvalue weighted by molar-refractivity contribution is 0.113. The van der Waals surface area contributed by atoms with E-state index in [2.05, 4.69) is 13.0 Å². The van der Waals surface area contributed by atoms with Gasteiger partial charge in [0, 0.05) is 36.7 Å². The van der Waals surface area contributed by atoms with Crippen LogP contribution >= 0.6 is 11.8 Å². The van der Waals surface area contributed by atoms with E-state index in [-0.39, 0.29) is 0 Å². The highest BCUT2D eigenvalue weighted by Crippen LogP contribution is 2.24. The minimum absolute atomic E-state index is 0.765. The van der Waals surface area contributed by atoms with Gasteiger partial charge in [0.2, 0.25) is 0 Å². The van der Waals surface area contributed by atoms with Crippen molar-refractivity contribution in [2.75, 3.05) is 38.4 Å². The molecule has 0 bridgehead atoms. The number of nitrogen functional groups attached to an aromatic ring is 1. The Bertz CT molecular complexity index is 331. The molecule has 96 valence electrons. The van der Waals surface area contributed by atoms with Crippen LogP contribution in [0, 0.1) is 6.92 Å². The molecule has 0 aliphatic heterocycles. The third-order valence-electron chi connectivity index (χ3n) is 2.33. The summed E-state index contributed by atoms with van der Waals surface area (Å²) in [6.45, 7) is 4.40. The van der Waals surface area contributed by atoms with E-state index in [1.54, 1.807) is 18.9 Å². The van der Waals surface area contributed by atoms with Crippen LogP contribution in [-0.2, 0) is 9.47 Å². The van der Waals surface area contributed by atoms with Crippen LogP contribution in [0.3, 0.4) is 0 Å². The van der Waals surface area contributed by atoms with E-state index in [4.69, 9.17) is 15.2 Å². The Kier molecular flexibility index (Phi) is 7.08. The smallest absolute Gasteiger partial charge is 0.0560 e. The molecule has 0 saturated heterocycles. The first-order valence-electron chi connectivity index (χ1n) is 5.79. The van der Waals surface area contributed by atoms with Gasteiger partial charge < -0.3 is 15.2 Å². The number of anilines is 1. The van der Waals surface area contributed by atoms with Crippen LogP contribution in [0.5, 0.6) is 0 Å².